The van der Waals surface area contributed by atoms with Crippen LogP contribution >= 0.6 is 0 Å². The first kappa shape index (κ1) is 24.9. The molecule has 1 aliphatic rings. The maximum atomic E-state index is 12.7. The Morgan fingerprint density at radius 3 is 1.97 bits per heavy atom. The quantitative estimate of drug-likeness (QED) is 0.308. The van der Waals surface area contributed by atoms with Crippen molar-refractivity contribution in [2.24, 2.45) is 17.8 Å². The van der Waals surface area contributed by atoms with E-state index in [2.05, 4.69) is 112 Å². The Bertz CT molecular complexity index is 1160. The van der Waals surface area contributed by atoms with Crippen LogP contribution in [0.15, 0.2) is 109 Å². The summed E-state index contributed by atoms with van der Waals surface area (Å²) in [5.41, 5.74) is 7.03. The zero-order valence-corrected chi connectivity index (χ0v) is 21.6. The molecule has 180 valence electrons. The van der Waals surface area contributed by atoms with Gasteiger partial charge in [-0.1, -0.05) is 137 Å². The van der Waals surface area contributed by atoms with E-state index in [0.29, 0.717) is 18.1 Å². The topological polar surface area (TPSA) is 17.1 Å². The van der Waals surface area contributed by atoms with Crippen LogP contribution in [-0.2, 0) is 16.6 Å². The van der Waals surface area contributed by atoms with Gasteiger partial charge in [0.15, 0.2) is 0 Å². The maximum absolute atomic E-state index is 12.7. The molecule has 0 radical (unpaired) electrons. The van der Waals surface area contributed by atoms with Gasteiger partial charge in [-0.25, -0.2) is 0 Å². The van der Waals surface area contributed by atoms with Gasteiger partial charge in [0.05, 0.1) is 0 Å². The second kappa shape index (κ2) is 10.2. The molecule has 3 atom stereocenters. The van der Waals surface area contributed by atoms with Crippen molar-refractivity contribution in [3.8, 4) is 0 Å². The van der Waals surface area contributed by atoms with E-state index in [4.69, 9.17) is 6.58 Å². The van der Waals surface area contributed by atoms with Gasteiger partial charge in [0, 0.05) is 23.7 Å². The normalized spacial score (nSPS) is 20.3. The molecule has 1 aliphatic carbocycles. The van der Waals surface area contributed by atoms with Crippen LogP contribution in [0.5, 0.6) is 0 Å². The standard InChI is InChI=1S/C34H38O/c1-23(2)20-33(35)25(4)29-15-13-14-28(21-29)22-32-24(3)26(5)34(27(32)6,30-16-9-7-10-17-30)31-18-11-8-12-19-31/h7-19,21,23,25-26,32H,3,6,20,22H2,1-2,4-5H3. The summed E-state index contributed by atoms with van der Waals surface area (Å²) in [6.45, 7) is 17.9. The Morgan fingerprint density at radius 1 is 0.857 bits per heavy atom. The minimum atomic E-state index is -0.303. The minimum absolute atomic E-state index is 0.0843. The first-order valence-electron chi connectivity index (χ1n) is 12.9. The molecule has 0 heterocycles. The molecule has 0 N–H and O–H groups in total. The van der Waals surface area contributed by atoms with Gasteiger partial charge >= 0.3 is 0 Å². The predicted molar refractivity (Wildman–Crippen MR) is 148 cm³/mol. The third kappa shape index (κ3) is 4.57. The van der Waals surface area contributed by atoms with Crippen molar-refractivity contribution in [3.05, 3.63) is 131 Å². The van der Waals surface area contributed by atoms with Crippen LogP contribution < -0.4 is 0 Å². The van der Waals surface area contributed by atoms with Gasteiger partial charge in [-0.3, -0.25) is 4.79 Å². The van der Waals surface area contributed by atoms with Crippen molar-refractivity contribution in [3.63, 3.8) is 0 Å². The molecule has 3 aromatic carbocycles. The SMILES string of the molecule is C=C1C(Cc2cccc(C(C)C(=O)CC(C)C)c2)C(=C)C(c2ccccc2)(c2ccccc2)C1C. The molecule has 0 spiro atoms. The van der Waals surface area contributed by atoms with Crippen molar-refractivity contribution < 1.29 is 4.79 Å². The third-order valence-corrected chi connectivity index (χ3v) is 8.02. The van der Waals surface area contributed by atoms with Crippen LogP contribution in [0.1, 0.15) is 62.3 Å². The smallest absolute Gasteiger partial charge is 0.140 e. The number of hydrogen-bond acceptors (Lipinski definition) is 1. The van der Waals surface area contributed by atoms with E-state index in [1.54, 1.807) is 0 Å². The summed E-state index contributed by atoms with van der Waals surface area (Å²) in [5.74, 6) is 0.998. The molecule has 3 unspecified atom stereocenters. The fourth-order valence-corrected chi connectivity index (χ4v) is 6.04. The Morgan fingerprint density at radius 2 is 1.43 bits per heavy atom. The number of ketones is 1. The number of benzene rings is 3. The first-order chi connectivity index (χ1) is 16.8. The fourth-order valence-electron chi connectivity index (χ4n) is 6.04. The zero-order chi connectivity index (χ0) is 25.2. The Kier molecular flexibility index (Phi) is 7.26. The summed E-state index contributed by atoms with van der Waals surface area (Å²) in [6, 6.07) is 30.1. The summed E-state index contributed by atoms with van der Waals surface area (Å²) in [5, 5.41) is 0. The molecule has 0 bridgehead atoms. The van der Waals surface area contributed by atoms with Crippen LogP contribution in [0.25, 0.3) is 0 Å². The monoisotopic (exact) mass is 462 g/mol. The molecule has 0 saturated heterocycles. The minimum Gasteiger partial charge on any atom is -0.299 e. The van der Waals surface area contributed by atoms with Crippen LogP contribution in [-0.4, -0.2) is 5.78 Å². The number of carbonyl (C=O) groups is 1. The molecule has 0 aromatic heterocycles. The summed E-state index contributed by atoms with van der Waals surface area (Å²) in [4.78, 5) is 12.7. The highest BCUT2D eigenvalue weighted by Gasteiger charge is 2.52. The summed E-state index contributed by atoms with van der Waals surface area (Å²) < 4.78 is 0. The molecule has 4 rings (SSSR count). The first-order valence-corrected chi connectivity index (χ1v) is 12.9. The molecule has 3 aromatic rings. The summed E-state index contributed by atoms with van der Waals surface area (Å²) in [7, 11) is 0. The molecule has 1 nitrogen and oxygen atoms in total. The molecule has 1 heteroatoms. The van der Waals surface area contributed by atoms with Gasteiger partial charge in [-0.15, -0.1) is 0 Å². The third-order valence-electron chi connectivity index (χ3n) is 8.02. The number of hydrogen-bond donors (Lipinski definition) is 0. The van der Waals surface area contributed by atoms with E-state index < -0.39 is 0 Å². The van der Waals surface area contributed by atoms with Gasteiger partial charge < -0.3 is 0 Å². The van der Waals surface area contributed by atoms with Gasteiger partial charge in [-0.2, -0.15) is 0 Å². The zero-order valence-electron chi connectivity index (χ0n) is 21.6. The van der Waals surface area contributed by atoms with E-state index in [9.17, 15) is 4.79 Å². The highest BCUT2D eigenvalue weighted by molar-refractivity contribution is 5.85. The van der Waals surface area contributed by atoms with Crippen LogP contribution in [0.2, 0.25) is 0 Å². The molecule has 1 fully saturated rings. The molecular formula is C34H38O. The molecule has 0 aliphatic heterocycles. The lowest BCUT2D eigenvalue weighted by Gasteiger charge is -2.37. The molecule has 35 heavy (non-hydrogen) atoms. The van der Waals surface area contributed by atoms with Crippen molar-refractivity contribution in [1.82, 2.24) is 0 Å². The highest BCUT2D eigenvalue weighted by Crippen LogP contribution is 2.58. The second-order valence-corrected chi connectivity index (χ2v) is 10.6. The molecule has 0 amide bonds. The average Bonchev–Trinajstić information content (AvgIpc) is 3.05. The van der Waals surface area contributed by atoms with Crippen molar-refractivity contribution in [1.29, 1.82) is 0 Å². The number of Topliss-reactive ketones (excluding diaryl/α,β-unsaturated/α-hetero) is 1. The van der Waals surface area contributed by atoms with E-state index in [1.807, 2.05) is 6.92 Å². The Labute approximate surface area is 211 Å². The number of allylic oxidation sites excluding steroid dienone is 2. The van der Waals surface area contributed by atoms with Gasteiger partial charge in [0.2, 0.25) is 0 Å². The Balaban J connectivity index is 1.70. The lowest BCUT2D eigenvalue weighted by Crippen LogP contribution is -2.32. The second-order valence-electron chi connectivity index (χ2n) is 10.6. The fraction of sp³-hybridized carbons (Fsp3) is 0.324. The predicted octanol–water partition coefficient (Wildman–Crippen LogP) is 8.31. The summed E-state index contributed by atoms with van der Waals surface area (Å²) >= 11 is 0. The summed E-state index contributed by atoms with van der Waals surface area (Å²) in [6.07, 6.45) is 1.47. The maximum Gasteiger partial charge on any atom is 0.140 e. The van der Waals surface area contributed by atoms with Gasteiger partial charge in [0.25, 0.3) is 0 Å². The van der Waals surface area contributed by atoms with E-state index in [1.165, 1.54) is 27.8 Å². The molecular weight excluding hydrogens is 424 g/mol. The number of carbonyl (C=O) groups excluding carboxylic acids is 1. The highest BCUT2D eigenvalue weighted by atomic mass is 16.1. The van der Waals surface area contributed by atoms with Crippen molar-refractivity contribution in [2.75, 3.05) is 0 Å². The lowest BCUT2D eigenvalue weighted by molar-refractivity contribution is -0.120. The van der Waals surface area contributed by atoms with Crippen molar-refractivity contribution in [2.45, 2.75) is 51.9 Å². The van der Waals surface area contributed by atoms with Crippen LogP contribution in [0.3, 0.4) is 0 Å². The molecule has 1 saturated carbocycles. The van der Waals surface area contributed by atoms with Crippen molar-refractivity contribution >= 4 is 5.78 Å². The Hall–Kier alpha value is -3.19. The van der Waals surface area contributed by atoms with E-state index in [-0.39, 0.29) is 23.2 Å². The number of rotatable bonds is 8. The van der Waals surface area contributed by atoms with Crippen LogP contribution in [0.4, 0.5) is 0 Å². The lowest BCUT2D eigenvalue weighted by atomic mass is 9.65. The average molecular weight is 463 g/mol. The van der Waals surface area contributed by atoms with E-state index >= 15 is 0 Å². The van der Waals surface area contributed by atoms with Gasteiger partial charge in [-0.05, 0) is 40.5 Å². The van der Waals surface area contributed by atoms with Gasteiger partial charge in [0.1, 0.15) is 5.78 Å². The van der Waals surface area contributed by atoms with E-state index in [0.717, 1.165) is 12.0 Å². The van der Waals surface area contributed by atoms with Crippen LogP contribution in [0, 0.1) is 17.8 Å². The largest absolute Gasteiger partial charge is 0.299 e.